The van der Waals surface area contributed by atoms with Crippen molar-refractivity contribution in [1.29, 1.82) is 0 Å². The van der Waals surface area contributed by atoms with Crippen LogP contribution in [0.4, 0.5) is 13.6 Å². The molecule has 0 radical (unpaired) electrons. The van der Waals surface area contributed by atoms with E-state index in [0.717, 1.165) is 12.1 Å². The van der Waals surface area contributed by atoms with Crippen LogP contribution < -0.4 is 5.32 Å². The van der Waals surface area contributed by atoms with Crippen molar-refractivity contribution in [2.75, 3.05) is 13.1 Å². The van der Waals surface area contributed by atoms with Crippen LogP contribution in [-0.2, 0) is 14.3 Å². The number of amides is 2. The Balaban J connectivity index is 2.05. The van der Waals surface area contributed by atoms with Gasteiger partial charge in [0, 0.05) is 12.5 Å². The molecule has 1 aromatic rings. The maximum Gasteiger partial charge on any atom is 0.410 e. The largest absolute Gasteiger partial charge is 0.444 e. The van der Waals surface area contributed by atoms with Crippen molar-refractivity contribution in [3.8, 4) is 0 Å². The number of likely N-dealkylation sites (tertiary alicyclic amines) is 1. The van der Waals surface area contributed by atoms with Gasteiger partial charge in [0.15, 0.2) is 5.60 Å². The Kier molecular flexibility index (Phi) is 6.38. The lowest BCUT2D eigenvalue weighted by molar-refractivity contribution is -0.158. The van der Waals surface area contributed by atoms with E-state index >= 15 is 0 Å². The summed E-state index contributed by atoms with van der Waals surface area (Å²) in [5.41, 5.74) is -2.42. The summed E-state index contributed by atoms with van der Waals surface area (Å²) in [6.07, 6.45) is 0.113. The van der Waals surface area contributed by atoms with E-state index in [4.69, 9.17) is 4.74 Å². The first kappa shape index (κ1) is 21.7. The van der Waals surface area contributed by atoms with Crippen molar-refractivity contribution in [2.24, 2.45) is 0 Å². The minimum atomic E-state index is -1.85. The quantitative estimate of drug-likeness (QED) is 0.716. The summed E-state index contributed by atoms with van der Waals surface area (Å²) >= 11 is 0. The maximum atomic E-state index is 13.5. The molecule has 2 N–H and O–H groups in total. The summed E-state index contributed by atoms with van der Waals surface area (Å²) in [7, 11) is 0. The van der Waals surface area contributed by atoms with Crippen LogP contribution in [0.5, 0.6) is 0 Å². The van der Waals surface area contributed by atoms with Crippen LogP contribution in [0.15, 0.2) is 18.2 Å². The molecule has 7 nitrogen and oxygen atoms in total. The van der Waals surface area contributed by atoms with E-state index in [1.165, 1.54) is 4.90 Å². The second-order valence-electron chi connectivity index (χ2n) is 7.84. The number of β-amino-alcohol motifs (C(OH)–C–C–N with tert-alkyl or cyclic N) is 1. The first-order valence-electron chi connectivity index (χ1n) is 8.84. The highest BCUT2D eigenvalue weighted by molar-refractivity contribution is 5.89. The van der Waals surface area contributed by atoms with Gasteiger partial charge in [0.1, 0.15) is 23.5 Å². The van der Waals surface area contributed by atoms with Gasteiger partial charge in [-0.15, -0.1) is 0 Å². The summed E-state index contributed by atoms with van der Waals surface area (Å²) in [4.78, 5) is 36.3. The molecule has 2 rings (SSSR count). The molecule has 2 amide bonds. The smallest absolute Gasteiger partial charge is 0.410 e. The molecule has 0 bridgehead atoms. The molecule has 0 spiro atoms. The Morgan fingerprint density at radius 3 is 2.36 bits per heavy atom. The highest BCUT2D eigenvalue weighted by atomic mass is 19.1. The monoisotopic (exact) mass is 398 g/mol. The Hall–Kier alpha value is -2.55. The van der Waals surface area contributed by atoms with Gasteiger partial charge in [-0.05, 0) is 44.9 Å². The SMILES string of the molecule is CC(C)(C)OC(=O)N1CC(O)(C(=O)NC(CCC=O)c2cc(F)cc(F)c2)C1. The van der Waals surface area contributed by atoms with Crippen LogP contribution in [-0.4, -0.2) is 52.6 Å². The first-order chi connectivity index (χ1) is 12.9. The van der Waals surface area contributed by atoms with Crippen molar-refractivity contribution < 1.29 is 33.0 Å². The molecule has 1 heterocycles. The van der Waals surface area contributed by atoms with Crippen molar-refractivity contribution in [3.63, 3.8) is 0 Å². The number of hydrogen-bond donors (Lipinski definition) is 2. The fourth-order valence-electron chi connectivity index (χ4n) is 2.81. The topological polar surface area (TPSA) is 95.9 Å². The van der Waals surface area contributed by atoms with Gasteiger partial charge in [-0.2, -0.15) is 0 Å². The molecule has 154 valence electrons. The van der Waals surface area contributed by atoms with E-state index in [2.05, 4.69) is 5.32 Å². The van der Waals surface area contributed by atoms with E-state index in [1.807, 2.05) is 0 Å². The summed E-state index contributed by atoms with van der Waals surface area (Å²) < 4.78 is 32.2. The zero-order chi connectivity index (χ0) is 21.1. The summed E-state index contributed by atoms with van der Waals surface area (Å²) in [6, 6.07) is 1.93. The maximum absolute atomic E-state index is 13.5. The Morgan fingerprint density at radius 2 is 1.86 bits per heavy atom. The third-order valence-electron chi connectivity index (χ3n) is 4.14. The number of benzene rings is 1. The van der Waals surface area contributed by atoms with E-state index in [9.17, 15) is 28.3 Å². The molecule has 1 atom stereocenters. The molecular weight excluding hydrogens is 374 g/mol. The van der Waals surface area contributed by atoms with Gasteiger partial charge in [0.2, 0.25) is 0 Å². The molecule has 1 fully saturated rings. The number of carbonyl (C=O) groups excluding carboxylic acids is 3. The van der Waals surface area contributed by atoms with Gasteiger partial charge in [-0.3, -0.25) is 4.79 Å². The molecule has 1 unspecified atom stereocenters. The lowest BCUT2D eigenvalue weighted by atomic mass is 9.92. The fraction of sp³-hybridized carbons (Fsp3) is 0.526. The second-order valence-corrected chi connectivity index (χ2v) is 7.84. The van der Waals surface area contributed by atoms with Crippen LogP contribution in [0.3, 0.4) is 0 Å². The molecule has 0 aliphatic carbocycles. The number of hydrogen-bond acceptors (Lipinski definition) is 5. The lowest BCUT2D eigenvalue weighted by Crippen LogP contribution is -2.70. The highest BCUT2D eigenvalue weighted by Crippen LogP contribution is 2.27. The number of halogens is 2. The van der Waals surface area contributed by atoms with Gasteiger partial charge in [-0.25, -0.2) is 13.6 Å². The van der Waals surface area contributed by atoms with Gasteiger partial charge in [-0.1, -0.05) is 0 Å². The Morgan fingerprint density at radius 1 is 1.29 bits per heavy atom. The molecule has 28 heavy (non-hydrogen) atoms. The number of aldehydes is 1. The van der Waals surface area contributed by atoms with Crippen molar-refractivity contribution in [1.82, 2.24) is 10.2 Å². The molecule has 9 heteroatoms. The van der Waals surface area contributed by atoms with Crippen molar-refractivity contribution >= 4 is 18.3 Å². The summed E-state index contributed by atoms with van der Waals surface area (Å²) in [5.74, 6) is -2.44. The number of nitrogens with one attached hydrogen (secondary N) is 1. The van der Waals surface area contributed by atoms with Crippen molar-refractivity contribution in [3.05, 3.63) is 35.4 Å². The van der Waals surface area contributed by atoms with Crippen LogP contribution >= 0.6 is 0 Å². The molecule has 0 aromatic heterocycles. The van der Waals surface area contributed by atoms with E-state index in [-0.39, 0.29) is 31.5 Å². The normalized spacial score (nSPS) is 16.7. The zero-order valence-corrected chi connectivity index (χ0v) is 16.0. The van der Waals surface area contributed by atoms with E-state index in [1.54, 1.807) is 20.8 Å². The zero-order valence-electron chi connectivity index (χ0n) is 16.0. The number of rotatable bonds is 6. The van der Waals surface area contributed by atoms with Gasteiger partial charge < -0.3 is 24.9 Å². The van der Waals surface area contributed by atoms with E-state index in [0.29, 0.717) is 12.4 Å². The molecule has 1 aromatic carbocycles. The summed E-state index contributed by atoms with van der Waals surface area (Å²) in [6.45, 7) is 4.54. The molecule has 0 saturated carbocycles. The average Bonchev–Trinajstić information content (AvgIpc) is 2.52. The highest BCUT2D eigenvalue weighted by Gasteiger charge is 2.51. The predicted molar refractivity (Wildman–Crippen MR) is 95.3 cm³/mol. The molecule has 1 aliphatic heterocycles. The third kappa shape index (κ3) is 5.48. The van der Waals surface area contributed by atoms with Gasteiger partial charge in [0.05, 0.1) is 19.1 Å². The van der Waals surface area contributed by atoms with Crippen LogP contribution in [0.1, 0.15) is 45.2 Å². The molecule has 1 saturated heterocycles. The standard InChI is InChI=1S/C19H24F2N2O5/c1-18(2,3)28-17(26)23-10-19(27,11-23)16(25)22-15(5-4-6-24)12-7-13(20)9-14(21)8-12/h6-9,15,27H,4-5,10-11H2,1-3H3,(H,22,25). The fourth-order valence-corrected chi connectivity index (χ4v) is 2.81. The minimum Gasteiger partial charge on any atom is -0.444 e. The van der Waals surface area contributed by atoms with Gasteiger partial charge >= 0.3 is 6.09 Å². The predicted octanol–water partition coefficient (Wildman–Crippen LogP) is 2.08. The average molecular weight is 398 g/mol. The summed E-state index contributed by atoms with van der Waals surface area (Å²) in [5, 5.41) is 13.0. The van der Waals surface area contributed by atoms with Crippen LogP contribution in [0.2, 0.25) is 0 Å². The lowest BCUT2D eigenvalue weighted by Gasteiger charge is -2.45. The van der Waals surface area contributed by atoms with E-state index < -0.39 is 40.9 Å². The number of nitrogens with zero attached hydrogens (tertiary/aromatic N) is 1. The Labute approximate surface area is 161 Å². The van der Waals surface area contributed by atoms with Gasteiger partial charge in [0.25, 0.3) is 5.91 Å². The minimum absolute atomic E-state index is 0.0472. The molecule has 1 aliphatic rings. The van der Waals surface area contributed by atoms with Crippen LogP contribution in [0, 0.1) is 11.6 Å². The Bertz CT molecular complexity index is 737. The number of aliphatic hydroxyl groups is 1. The van der Waals surface area contributed by atoms with Crippen LogP contribution in [0.25, 0.3) is 0 Å². The first-order valence-corrected chi connectivity index (χ1v) is 8.84. The third-order valence-corrected chi connectivity index (χ3v) is 4.14. The molecular formula is C19H24F2N2O5. The number of carbonyl (C=O) groups is 3. The number of ether oxygens (including phenoxy) is 1. The van der Waals surface area contributed by atoms with Crippen molar-refractivity contribution in [2.45, 2.75) is 50.9 Å². The second kappa shape index (κ2) is 8.22.